The maximum atomic E-state index is 12.4. The number of aryl methyl sites for hydroxylation is 1. The molecule has 1 atom stereocenters. The molecule has 1 amide bonds. The fourth-order valence-corrected chi connectivity index (χ4v) is 3.09. The van der Waals surface area contributed by atoms with Crippen molar-refractivity contribution >= 4 is 5.91 Å². The molecule has 1 aliphatic carbocycles. The van der Waals surface area contributed by atoms with Crippen LogP contribution in [0.2, 0.25) is 0 Å². The van der Waals surface area contributed by atoms with Crippen molar-refractivity contribution in [2.75, 3.05) is 13.1 Å². The maximum absolute atomic E-state index is 12.4. The van der Waals surface area contributed by atoms with E-state index in [0.717, 1.165) is 38.6 Å². The second kappa shape index (κ2) is 7.44. The number of fused-ring (bicyclic) bond motifs is 1. The summed E-state index contributed by atoms with van der Waals surface area (Å²) < 4.78 is 0. The summed E-state index contributed by atoms with van der Waals surface area (Å²) >= 11 is 0. The average molecular weight is 274 g/mol. The Morgan fingerprint density at radius 2 is 2.10 bits per heavy atom. The Hall–Kier alpha value is -1.35. The molecule has 2 N–H and O–H groups in total. The molecular weight excluding hydrogens is 248 g/mol. The van der Waals surface area contributed by atoms with Gasteiger partial charge in [-0.25, -0.2) is 0 Å². The molecule has 0 aromatic heterocycles. The minimum absolute atomic E-state index is 0.279. The normalized spacial score (nSPS) is 17.6. The van der Waals surface area contributed by atoms with Crippen molar-refractivity contribution in [1.82, 2.24) is 4.90 Å². The van der Waals surface area contributed by atoms with Crippen LogP contribution >= 0.6 is 0 Å². The quantitative estimate of drug-likeness (QED) is 0.866. The molecule has 3 nitrogen and oxygen atoms in total. The van der Waals surface area contributed by atoms with Crippen LogP contribution in [0.3, 0.4) is 0 Å². The van der Waals surface area contributed by atoms with E-state index in [1.807, 2.05) is 0 Å². The Morgan fingerprint density at radius 3 is 2.80 bits per heavy atom. The number of benzene rings is 1. The molecule has 1 aromatic carbocycles. The first kappa shape index (κ1) is 15.0. The summed E-state index contributed by atoms with van der Waals surface area (Å²) in [7, 11) is 0. The Kier molecular flexibility index (Phi) is 5.60. The van der Waals surface area contributed by atoms with Crippen LogP contribution in [0.1, 0.15) is 43.7 Å². The number of nitrogens with two attached hydrogens (primary N) is 1. The summed E-state index contributed by atoms with van der Waals surface area (Å²) in [5, 5.41) is 0. The third-order valence-electron chi connectivity index (χ3n) is 4.14. The van der Waals surface area contributed by atoms with Gasteiger partial charge < -0.3 is 10.6 Å². The van der Waals surface area contributed by atoms with Gasteiger partial charge >= 0.3 is 0 Å². The second-order valence-electron chi connectivity index (χ2n) is 5.64. The largest absolute Gasteiger partial charge is 0.339 e. The molecule has 2 rings (SSSR count). The first-order valence-electron chi connectivity index (χ1n) is 7.82. The molecule has 1 unspecified atom stereocenters. The van der Waals surface area contributed by atoms with Crippen LogP contribution in [0.15, 0.2) is 24.3 Å². The number of carbonyl (C=O) groups excluding carboxylic acids is 1. The highest BCUT2D eigenvalue weighted by Crippen LogP contribution is 2.25. The van der Waals surface area contributed by atoms with Crippen molar-refractivity contribution in [3.63, 3.8) is 0 Å². The summed E-state index contributed by atoms with van der Waals surface area (Å²) in [6.45, 7) is 3.61. The molecule has 0 saturated carbocycles. The Bertz CT molecular complexity index is 444. The fourth-order valence-electron chi connectivity index (χ4n) is 3.09. The average Bonchev–Trinajstić information content (AvgIpc) is 2.49. The highest BCUT2D eigenvalue weighted by Gasteiger charge is 2.26. The van der Waals surface area contributed by atoms with Gasteiger partial charge in [0.1, 0.15) is 0 Å². The maximum Gasteiger partial charge on any atom is 0.222 e. The van der Waals surface area contributed by atoms with Gasteiger partial charge in [0.2, 0.25) is 5.91 Å². The van der Waals surface area contributed by atoms with Crippen LogP contribution in [0.4, 0.5) is 0 Å². The van der Waals surface area contributed by atoms with Crippen molar-refractivity contribution in [1.29, 1.82) is 0 Å². The number of carbonyl (C=O) groups is 1. The van der Waals surface area contributed by atoms with E-state index in [9.17, 15) is 4.79 Å². The van der Waals surface area contributed by atoms with Crippen molar-refractivity contribution in [3.05, 3.63) is 35.4 Å². The van der Waals surface area contributed by atoms with Crippen molar-refractivity contribution in [2.45, 2.75) is 51.5 Å². The molecule has 3 heteroatoms. The first-order valence-corrected chi connectivity index (χ1v) is 7.82. The van der Waals surface area contributed by atoms with Gasteiger partial charge in [-0.05, 0) is 49.8 Å². The molecule has 20 heavy (non-hydrogen) atoms. The van der Waals surface area contributed by atoms with E-state index in [4.69, 9.17) is 5.73 Å². The minimum atomic E-state index is 0.279. The van der Waals surface area contributed by atoms with Gasteiger partial charge in [-0.2, -0.15) is 0 Å². The highest BCUT2D eigenvalue weighted by atomic mass is 16.2. The van der Waals surface area contributed by atoms with Gasteiger partial charge in [-0.1, -0.05) is 31.2 Å². The molecule has 0 radical (unpaired) electrons. The van der Waals surface area contributed by atoms with Crippen LogP contribution < -0.4 is 5.73 Å². The fraction of sp³-hybridized carbons (Fsp3) is 0.588. The number of hydrogen-bond acceptors (Lipinski definition) is 2. The van der Waals surface area contributed by atoms with Gasteiger partial charge in [-0.3, -0.25) is 4.79 Å². The molecule has 110 valence electrons. The number of amides is 1. The topological polar surface area (TPSA) is 46.3 Å². The predicted octanol–water partition coefficient (Wildman–Crippen LogP) is 2.52. The van der Waals surface area contributed by atoms with E-state index < -0.39 is 0 Å². The van der Waals surface area contributed by atoms with Gasteiger partial charge in [0.15, 0.2) is 0 Å². The third-order valence-corrected chi connectivity index (χ3v) is 4.14. The van der Waals surface area contributed by atoms with E-state index in [1.165, 1.54) is 11.1 Å². The lowest BCUT2D eigenvalue weighted by Crippen LogP contribution is -2.44. The molecule has 0 spiro atoms. The number of hydrogen-bond donors (Lipinski definition) is 1. The van der Waals surface area contributed by atoms with E-state index in [-0.39, 0.29) is 5.91 Å². The lowest BCUT2D eigenvalue weighted by Gasteiger charge is -2.35. The number of rotatable bonds is 6. The summed E-state index contributed by atoms with van der Waals surface area (Å²) in [5.74, 6) is 0.279. The van der Waals surface area contributed by atoms with Crippen LogP contribution in [0.25, 0.3) is 0 Å². The summed E-state index contributed by atoms with van der Waals surface area (Å²) in [4.78, 5) is 14.5. The number of nitrogens with zero attached hydrogens (tertiary/aromatic N) is 1. The van der Waals surface area contributed by atoms with Crippen LogP contribution in [0.5, 0.6) is 0 Å². The van der Waals surface area contributed by atoms with Crippen molar-refractivity contribution in [2.24, 2.45) is 5.73 Å². The highest BCUT2D eigenvalue weighted by molar-refractivity contribution is 5.76. The molecule has 0 heterocycles. The molecule has 0 saturated heterocycles. The molecule has 0 bridgehead atoms. The van der Waals surface area contributed by atoms with E-state index in [0.29, 0.717) is 19.0 Å². The lowest BCUT2D eigenvalue weighted by atomic mass is 9.87. The summed E-state index contributed by atoms with van der Waals surface area (Å²) in [6, 6.07) is 8.99. The molecular formula is C17H26N2O. The predicted molar refractivity (Wildman–Crippen MR) is 82.5 cm³/mol. The van der Waals surface area contributed by atoms with Gasteiger partial charge in [0.05, 0.1) is 0 Å². The van der Waals surface area contributed by atoms with Gasteiger partial charge in [0.25, 0.3) is 0 Å². The van der Waals surface area contributed by atoms with E-state index in [2.05, 4.69) is 36.1 Å². The van der Waals surface area contributed by atoms with Crippen LogP contribution in [-0.4, -0.2) is 29.9 Å². The SMILES string of the molecule is CCCN(C(=O)CCCN)C1CCc2ccccc2C1. The Morgan fingerprint density at radius 1 is 1.35 bits per heavy atom. The van der Waals surface area contributed by atoms with Crippen molar-refractivity contribution in [3.8, 4) is 0 Å². The van der Waals surface area contributed by atoms with E-state index >= 15 is 0 Å². The van der Waals surface area contributed by atoms with Gasteiger partial charge in [0, 0.05) is 19.0 Å². The summed E-state index contributed by atoms with van der Waals surface area (Å²) in [6.07, 6.45) is 5.59. The zero-order chi connectivity index (χ0) is 14.4. The minimum Gasteiger partial charge on any atom is -0.339 e. The molecule has 0 aliphatic heterocycles. The first-order chi connectivity index (χ1) is 9.76. The zero-order valence-electron chi connectivity index (χ0n) is 12.5. The Labute approximate surface area is 122 Å². The lowest BCUT2D eigenvalue weighted by molar-refractivity contribution is -0.133. The van der Waals surface area contributed by atoms with Crippen LogP contribution in [-0.2, 0) is 17.6 Å². The molecule has 1 aromatic rings. The third kappa shape index (κ3) is 3.60. The summed E-state index contributed by atoms with van der Waals surface area (Å²) in [5.41, 5.74) is 8.39. The zero-order valence-corrected chi connectivity index (χ0v) is 12.5. The monoisotopic (exact) mass is 274 g/mol. The molecule has 1 aliphatic rings. The smallest absolute Gasteiger partial charge is 0.222 e. The Balaban J connectivity index is 2.05. The standard InChI is InChI=1S/C17H26N2O/c1-2-12-19(17(20)8-5-11-18)16-10-9-14-6-3-4-7-15(14)13-16/h3-4,6-7,16H,2,5,8-13,18H2,1H3. The second-order valence-corrected chi connectivity index (χ2v) is 5.64. The van der Waals surface area contributed by atoms with Gasteiger partial charge in [-0.15, -0.1) is 0 Å². The van der Waals surface area contributed by atoms with Crippen molar-refractivity contribution < 1.29 is 4.79 Å². The molecule has 0 fully saturated rings. The van der Waals surface area contributed by atoms with Crippen LogP contribution in [0, 0.1) is 0 Å². The van der Waals surface area contributed by atoms with E-state index in [1.54, 1.807) is 0 Å².